The first kappa shape index (κ1) is 19.7. The summed E-state index contributed by atoms with van der Waals surface area (Å²) in [5.74, 6) is 2.34. The van der Waals surface area contributed by atoms with Crippen molar-refractivity contribution in [2.45, 2.75) is 71.8 Å². The minimum atomic E-state index is 0.679. The zero-order valence-electron chi connectivity index (χ0n) is 18.1. The molecular weight excluding hydrogens is 338 g/mol. The fourth-order valence-electron chi connectivity index (χ4n) is 5.64. The van der Waals surface area contributed by atoms with Crippen molar-refractivity contribution in [2.24, 2.45) is 11.8 Å². The second kappa shape index (κ2) is 8.82. The van der Waals surface area contributed by atoms with Gasteiger partial charge < -0.3 is 0 Å². The Morgan fingerprint density at radius 1 is 0.964 bits per heavy atom. The van der Waals surface area contributed by atoms with Gasteiger partial charge in [0.1, 0.15) is 0 Å². The third-order valence-electron chi connectivity index (χ3n) is 7.20. The predicted octanol–water partition coefficient (Wildman–Crippen LogP) is 6.53. The maximum absolute atomic E-state index is 2.66. The van der Waals surface area contributed by atoms with Crippen molar-refractivity contribution in [3.05, 3.63) is 70.3 Å². The Morgan fingerprint density at radius 2 is 1.79 bits per heavy atom. The van der Waals surface area contributed by atoms with Crippen LogP contribution in [-0.4, -0.2) is 18.0 Å². The molecule has 0 amide bonds. The van der Waals surface area contributed by atoms with Crippen LogP contribution in [0, 0.1) is 18.8 Å². The summed E-state index contributed by atoms with van der Waals surface area (Å²) in [6.07, 6.45) is 8.25. The SMILES string of the molecule is CCc1ccc(C2CN(Cc3cccc(C)c3)CC2C)cc1CC1CCCC1. The van der Waals surface area contributed by atoms with Crippen molar-refractivity contribution >= 4 is 0 Å². The summed E-state index contributed by atoms with van der Waals surface area (Å²) in [6.45, 7) is 10.5. The summed E-state index contributed by atoms with van der Waals surface area (Å²) < 4.78 is 0. The molecule has 2 atom stereocenters. The highest BCUT2D eigenvalue weighted by Gasteiger charge is 2.31. The largest absolute Gasteiger partial charge is 0.298 e. The summed E-state index contributed by atoms with van der Waals surface area (Å²) >= 11 is 0. The lowest BCUT2D eigenvalue weighted by atomic mass is 9.85. The molecule has 1 heterocycles. The van der Waals surface area contributed by atoms with Crippen molar-refractivity contribution in [1.82, 2.24) is 4.90 Å². The van der Waals surface area contributed by atoms with Gasteiger partial charge in [0.05, 0.1) is 0 Å². The van der Waals surface area contributed by atoms with E-state index in [0.717, 1.165) is 18.4 Å². The fourth-order valence-corrected chi connectivity index (χ4v) is 5.64. The normalized spacial score (nSPS) is 23.5. The zero-order valence-corrected chi connectivity index (χ0v) is 18.1. The van der Waals surface area contributed by atoms with Gasteiger partial charge in [0.25, 0.3) is 0 Å². The van der Waals surface area contributed by atoms with E-state index >= 15 is 0 Å². The molecule has 2 unspecified atom stereocenters. The standard InChI is InChI=1S/C27H37N/c1-4-24-12-13-25(16-26(24)15-22-9-5-6-10-22)27-19-28(17-21(27)3)18-23-11-7-8-20(2)14-23/h7-8,11-14,16,21-22,27H,4-6,9-10,15,17-19H2,1-3H3. The minimum Gasteiger partial charge on any atom is -0.298 e. The Hall–Kier alpha value is -1.60. The molecule has 2 aromatic rings. The quantitative estimate of drug-likeness (QED) is 0.555. The van der Waals surface area contributed by atoms with Gasteiger partial charge in [-0.05, 0) is 53.9 Å². The first-order valence-electron chi connectivity index (χ1n) is 11.5. The van der Waals surface area contributed by atoms with Crippen molar-refractivity contribution < 1.29 is 0 Å². The number of hydrogen-bond donors (Lipinski definition) is 0. The maximum atomic E-state index is 2.66. The number of likely N-dealkylation sites (tertiary alicyclic amines) is 1. The molecule has 1 aliphatic carbocycles. The summed E-state index contributed by atoms with van der Waals surface area (Å²) in [5, 5.41) is 0. The van der Waals surface area contributed by atoms with Crippen molar-refractivity contribution in [1.29, 1.82) is 0 Å². The zero-order chi connectivity index (χ0) is 19.5. The van der Waals surface area contributed by atoms with Crippen LogP contribution in [0.15, 0.2) is 42.5 Å². The fraction of sp³-hybridized carbons (Fsp3) is 0.556. The van der Waals surface area contributed by atoms with Crippen LogP contribution in [0.1, 0.15) is 73.3 Å². The van der Waals surface area contributed by atoms with Gasteiger partial charge in [0.15, 0.2) is 0 Å². The maximum Gasteiger partial charge on any atom is 0.0234 e. The predicted molar refractivity (Wildman–Crippen MR) is 120 cm³/mol. The molecule has 0 spiro atoms. The van der Waals surface area contributed by atoms with Crippen LogP contribution in [0.5, 0.6) is 0 Å². The number of rotatable bonds is 6. The second-order valence-electron chi connectivity index (χ2n) is 9.50. The number of hydrogen-bond acceptors (Lipinski definition) is 1. The van der Waals surface area contributed by atoms with E-state index in [-0.39, 0.29) is 0 Å². The molecular formula is C27H37N. The van der Waals surface area contributed by atoms with Gasteiger partial charge in [-0.3, -0.25) is 4.90 Å². The van der Waals surface area contributed by atoms with Gasteiger partial charge in [0.2, 0.25) is 0 Å². The van der Waals surface area contributed by atoms with E-state index in [1.165, 1.54) is 62.7 Å². The summed E-state index contributed by atoms with van der Waals surface area (Å²) in [6, 6.07) is 16.5. The average Bonchev–Trinajstić information content (AvgIpc) is 3.31. The van der Waals surface area contributed by atoms with Gasteiger partial charge in [-0.25, -0.2) is 0 Å². The molecule has 1 aliphatic heterocycles. The van der Waals surface area contributed by atoms with E-state index < -0.39 is 0 Å². The Bertz CT molecular complexity index is 787. The first-order valence-corrected chi connectivity index (χ1v) is 11.5. The summed E-state index contributed by atoms with van der Waals surface area (Å²) in [7, 11) is 0. The number of benzene rings is 2. The first-order chi connectivity index (χ1) is 13.6. The van der Waals surface area contributed by atoms with Crippen LogP contribution in [0.2, 0.25) is 0 Å². The monoisotopic (exact) mass is 375 g/mol. The molecule has 1 heteroatoms. The molecule has 0 aromatic heterocycles. The van der Waals surface area contributed by atoms with E-state index in [1.54, 1.807) is 16.7 Å². The van der Waals surface area contributed by atoms with E-state index in [2.05, 4.69) is 68.1 Å². The van der Waals surface area contributed by atoms with Crippen molar-refractivity contribution in [3.8, 4) is 0 Å². The van der Waals surface area contributed by atoms with Gasteiger partial charge in [-0.1, -0.05) is 87.6 Å². The van der Waals surface area contributed by atoms with E-state index in [0.29, 0.717) is 5.92 Å². The Kier molecular flexibility index (Phi) is 6.21. The average molecular weight is 376 g/mol. The molecule has 0 N–H and O–H groups in total. The summed E-state index contributed by atoms with van der Waals surface area (Å²) in [4.78, 5) is 2.66. The number of nitrogens with zero attached hydrogens (tertiary/aromatic N) is 1. The van der Waals surface area contributed by atoms with Gasteiger partial charge in [-0.2, -0.15) is 0 Å². The van der Waals surface area contributed by atoms with Crippen molar-refractivity contribution in [2.75, 3.05) is 13.1 Å². The molecule has 1 nitrogen and oxygen atoms in total. The van der Waals surface area contributed by atoms with Crippen LogP contribution in [-0.2, 0) is 19.4 Å². The topological polar surface area (TPSA) is 3.24 Å². The minimum absolute atomic E-state index is 0.679. The lowest BCUT2D eigenvalue weighted by molar-refractivity contribution is 0.319. The van der Waals surface area contributed by atoms with Crippen LogP contribution >= 0.6 is 0 Å². The molecule has 2 fully saturated rings. The molecule has 1 saturated heterocycles. The van der Waals surface area contributed by atoms with E-state index in [1.807, 2.05) is 0 Å². The molecule has 2 aliphatic rings. The molecule has 0 radical (unpaired) electrons. The second-order valence-corrected chi connectivity index (χ2v) is 9.50. The van der Waals surface area contributed by atoms with E-state index in [9.17, 15) is 0 Å². The third-order valence-corrected chi connectivity index (χ3v) is 7.20. The van der Waals surface area contributed by atoms with Crippen molar-refractivity contribution in [3.63, 3.8) is 0 Å². The highest BCUT2D eigenvalue weighted by molar-refractivity contribution is 5.35. The number of aryl methyl sites for hydroxylation is 2. The molecule has 2 aromatic carbocycles. The lowest BCUT2D eigenvalue weighted by Gasteiger charge is -2.20. The summed E-state index contributed by atoms with van der Waals surface area (Å²) in [5.41, 5.74) is 7.64. The Balaban J connectivity index is 1.48. The van der Waals surface area contributed by atoms with Gasteiger partial charge in [0, 0.05) is 25.6 Å². The van der Waals surface area contributed by atoms with E-state index in [4.69, 9.17) is 0 Å². The smallest absolute Gasteiger partial charge is 0.0234 e. The van der Waals surface area contributed by atoms with Gasteiger partial charge in [-0.15, -0.1) is 0 Å². The van der Waals surface area contributed by atoms with Crippen LogP contribution in [0.25, 0.3) is 0 Å². The molecule has 4 rings (SSSR count). The molecule has 28 heavy (non-hydrogen) atoms. The van der Waals surface area contributed by atoms with Crippen LogP contribution in [0.4, 0.5) is 0 Å². The molecule has 0 bridgehead atoms. The Labute approximate surface area is 172 Å². The molecule has 150 valence electrons. The van der Waals surface area contributed by atoms with Crippen LogP contribution < -0.4 is 0 Å². The highest BCUT2D eigenvalue weighted by atomic mass is 15.1. The van der Waals surface area contributed by atoms with Gasteiger partial charge >= 0.3 is 0 Å². The van der Waals surface area contributed by atoms with Crippen LogP contribution in [0.3, 0.4) is 0 Å². The highest BCUT2D eigenvalue weighted by Crippen LogP contribution is 2.36. The lowest BCUT2D eigenvalue weighted by Crippen LogP contribution is -2.20. The Morgan fingerprint density at radius 3 is 2.54 bits per heavy atom. The molecule has 1 saturated carbocycles. The third kappa shape index (κ3) is 4.51.